The zero-order valence-electron chi connectivity index (χ0n) is 18.0. The van der Waals surface area contributed by atoms with Crippen LogP contribution in [0, 0.1) is 0 Å². The van der Waals surface area contributed by atoms with Crippen LogP contribution in [0.2, 0.25) is 0 Å². The number of benzene rings is 2. The first-order valence-corrected chi connectivity index (χ1v) is 10.5. The molecule has 1 aliphatic rings. The van der Waals surface area contributed by atoms with Crippen LogP contribution in [-0.2, 0) is 27.2 Å². The summed E-state index contributed by atoms with van der Waals surface area (Å²) < 4.78 is 0. The van der Waals surface area contributed by atoms with Crippen LogP contribution in [0.1, 0.15) is 24.0 Å². The van der Waals surface area contributed by atoms with Crippen molar-refractivity contribution in [1.82, 2.24) is 10.6 Å². The van der Waals surface area contributed by atoms with Crippen LogP contribution < -0.4 is 16.4 Å². The van der Waals surface area contributed by atoms with Gasteiger partial charge in [0.2, 0.25) is 5.91 Å². The van der Waals surface area contributed by atoms with Gasteiger partial charge < -0.3 is 36.8 Å². The molecule has 8 N–H and O–H groups in total. The number of carboxylic acid groups (broad SMARTS) is 2. The van der Waals surface area contributed by atoms with Gasteiger partial charge in [0.05, 0.1) is 6.04 Å². The van der Waals surface area contributed by atoms with Gasteiger partial charge in [-0.1, -0.05) is 24.3 Å². The van der Waals surface area contributed by atoms with Crippen molar-refractivity contribution in [1.29, 1.82) is 0 Å². The van der Waals surface area contributed by atoms with Gasteiger partial charge in [-0.2, -0.15) is 0 Å². The van der Waals surface area contributed by atoms with Crippen molar-refractivity contribution in [3.05, 3.63) is 59.7 Å². The minimum absolute atomic E-state index is 0.125. The largest absolute Gasteiger partial charge is 0.508 e. The number of amides is 1. The van der Waals surface area contributed by atoms with Gasteiger partial charge in [-0.3, -0.25) is 9.59 Å². The molecule has 2 aromatic rings. The van der Waals surface area contributed by atoms with Crippen LogP contribution in [0.3, 0.4) is 0 Å². The zero-order chi connectivity index (χ0) is 24.4. The standard InChI is InChI=1S/C14H18N2O4.C9H11NO3/c17-10-5-3-9(4-6-10)8-12(14(19)20)16-13(18)11-2-1-7-15-11;10-8(9(12)13)5-6-1-3-7(11)4-2-6/h3-6,11-12,15,17H,1-2,7-8H2,(H,16,18)(H,19,20);1-4,8,11H,5,10H2,(H,12,13)/t11-,12-;8-/m00/s1. The maximum Gasteiger partial charge on any atom is 0.326 e. The van der Waals surface area contributed by atoms with E-state index < -0.39 is 24.0 Å². The lowest BCUT2D eigenvalue weighted by Crippen LogP contribution is -2.49. The van der Waals surface area contributed by atoms with Crippen molar-refractivity contribution in [3.8, 4) is 11.5 Å². The van der Waals surface area contributed by atoms with Crippen LogP contribution in [0.25, 0.3) is 0 Å². The van der Waals surface area contributed by atoms with E-state index in [0.29, 0.717) is 0 Å². The number of nitrogens with one attached hydrogen (secondary N) is 2. The molecule has 1 fully saturated rings. The second-order valence-corrected chi connectivity index (χ2v) is 7.73. The second-order valence-electron chi connectivity index (χ2n) is 7.73. The third kappa shape index (κ3) is 8.79. The van der Waals surface area contributed by atoms with Crippen LogP contribution in [0.5, 0.6) is 11.5 Å². The molecular formula is C23H29N3O7. The van der Waals surface area contributed by atoms with Gasteiger partial charge in [0.15, 0.2) is 0 Å². The Morgan fingerprint density at radius 1 is 0.909 bits per heavy atom. The molecule has 3 rings (SSSR count). The number of carbonyl (C=O) groups excluding carboxylic acids is 1. The summed E-state index contributed by atoms with van der Waals surface area (Å²) in [6.07, 6.45) is 2.12. The fraction of sp³-hybridized carbons (Fsp3) is 0.348. The smallest absolute Gasteiger partial charge is 0.326 e. The molecule has 10 nitrogen and oxygen atoms in total. The highest BCUT2D eigenvalue weighted by Gasteiger charge is 2.27. The molecule has 1 saturated heterocycles. The molecular weight excluding hydrogens is 430 g/mol. The topological polar surface area (TPSA) is 182 Å². The van der Waals surface area contributed by atoms with Crippen molar-refractivity contribution >= 4 is 17.8 Å². The predicted molar refractivity (Wildman–Crippen MR) is 120 cm³/mol. The summed E-state index contributed by atoms with van der Waals surface area (Å²) in [4.78, 5) is 33.6. The average Bonchev–Trinajstić information content (AvgIpc) is 3.32. The number of nitrogens with two attached hydrogens (primary N) is 1. The fourth-order valence-corrected chi connectivity index (χ4v) is 3.22. The number of rotatable bonds is 8. The van der Waals surface area contributed by atoms with E-state index in [1.54, 1.807) is 24.3 Å². The van der Waals surface area contributed by atoms with Crippen molar-refractivity contribution in [2.75, 3.05) is 6.54 Å². The van der Waals surface area contributed by atoms with Gasteiger partial charge in [-0.25, -0.2) is 4.79 Å². The highest BCUT2D eigenvalue weighted by molar-refractivity contribution is 5.87. The van der Waals surface area contributed by atoms with Crippen LogP contribution in [-0.4, -0.2) is 62.9 Å². The van der Waals surface area contributed by atoms with E-state index >= 15 is 0 Å². The van der Waals surface area contributed by atoms with Crippen LogP contribution in [0.15, 0.2) is 48.5 Å². The number of aliphatic carboxylic acids is 2. The minimum atomic E-state index is -1.07. The summed E-state index contributed by atoms with van der Waals surface area (Å²) in [6, 6.07) is 10.4. The third-order valence-corrected chi connectivity index (χ3v) is 5.08. The summed E-state index contributed by atoms with van der Waals surface area (Å²) >= 11 is 0. The van der Waals surface area contributed by atoms with Crippen molar-refractivity contribution in [2.24, 2.45) is 5.73 Å². The first kappa shape index (κ1) is 25.6. The lowest BCUT2D eigenvalue weighted by atomic mass is 10.1. The number of carboxylic acids is 2. The summed E-state index contributed by atoms with van der Waals surface area (Å²) in [6.45, 7) is 0.786. The molecule has 0 radical (unpaired) electrons. The normalized spacial score (nSPS) is 16.7. The van der Waals surface area contributed by atoms with E-state index in [2.05, 4.69) is 10.6 Å². The number of phenols is 2. The highest BCUT2D eigenvalue weighted by atomic mass is 16.4. The molecule has 10 heteroatoms. The summed E-state index contributed by atoms with van der Waals surface area (Å²) in [5, 5.41) is 41.5. The molecule has 0 bridgehead atoms. The van der Waals surface area contributed by atoms with Gasteiger partial charge in [0, 0.05) is 6.42 Å². The first-order chi connectivity index (χ1) is 15.7. The number of hydrogen-bond acceptors (Lipinski definition) is 7. The Labute approximate surface area is 191 Å². The Hall–Kier alpha value is -3.63. The van der Waals surface area contributed by atoms with Crippen molar-refractivity contribution < 1.29 is 34.8 Å². The number of aromatic hydroxyl groups is 2. The molecule has 3 atom stereocenters. The van der Waals surface area contributed by atoms with E-state index in [1.807, 2.05) is 0 Å². The Morgan fingerprint density at radius 2 is 1.42 bits per heavy atom. The van der Waals surface area contributed by atoms with Gasteiger partial charge in [0.25, 0.3) is 0 Å². The lowest BCUT2D eigenvalue weighted by Gasteiger charge is -2.17. The maximum absolute atomic E-state index is 11.9. The van der Waals surface area contributed by atoms with Crippen LogP contribution in [0.4, 0.5) is 0 Å². The van der Waals surface area contributed by atoms with E-state index in [4.69, 9.17) is 15.9 Å². The Balaban J connectivity index is 0.000000257. The quantitative estimate of drug-likeness (QED) is 0.297. The molecule has 1 amide bonds. The zero-order valence-corrected chi connectivity index (χ0v) is 18.0. The second kappa shape index (κ2) is 12.4. The average molecular weight is 459 g/mol. The van der Waals surface area contributed by atoms with Gasteiger partial charge >= 0.3 is 11.9 Å². The molecule has 1 heterocycles. The molecule has 33 heavy (non-hydrogen) atoms. The summed E-state index contributed by atoms with van der Waals surface area (Å²) in [5.41, 5.74) is 6.87. The van der Waals surface area contributed by atoms with E-state index in [9.17, 15) is 24.6 Å². The number of carbonyl (C=O) groups is 3. The first-order valence-electron chi connectivity index (χ1n) is 10.5. The van der Waals surface area contributed by atoms with E-state index in [0.717, 1.165) is 30.5 Å². The van der Waals surface area contributed by atoms with Crippen molar-refractivity contribution in [2.45, 2.75) is 43.8 Å². The SMILES string of the molecule is N[C@@H](Cc1ccc(O)cc1)C(=O)O.O=C(O)[C@H](Cc1ccc(O)cc1)NC(=O)[C@@H]1CCCN1. The van der Waals surface area contributed by atoms with Gasteiger partial charge in [0.1, 0.15) is 23.6 Å². The summed E-state index contributed by atoms with van der Waals surface area (Å²) in [7, 11) is 0. The molecule has 0 spiro atoms. The number of hydrogen-bond donors (Lipinski definition) is 7. The molecule has 0 aromatic heterocycles. The Bertz CT molecular complexity index is 926. The van der Waals surface area contributed by atoms with E-state index in [-0.39, 0.29) is 36.3 Å². The molecule has 0 aliphatic carbocycles. The van der Waals surface area contributed by atoms with Crippen molar-refractivity contribution in [3.63, 3.8) is 0 Å². The molecule has 1 aliphatic heterocycles. The third-order valence-electron chi connectivity index (χ3n) is 5.08. The van der Waals surface area contributed by atoms with Gasteiger partial charge in [-0.05, 0) is 61.2 Å². The number of phenolic OH excluding ortho intramolecular Hbond substituents is 2. The van der Waals surface area contributed by atoms with E-state index in [1.165, 1.54) is 24.3 Å². The molecule has 178 valence electrons. The maximum atomic E-state index is 11.9. The predicted octanol–water partition coefficient (Wildman–Crippen LogP) is 0.603. The fourth-order valence-electron chi connectivity index (χ4n) is 3.22. The Morgan fingerprint density at radius 3 is 1.85 bits per heavy atom. The minimum Gasteiger partial charge on any atom is -0.508 e. The molecule has 0 unspecified atom stereocenters. The Kier molecular flexibility index (Phi) is 9.64. The van der Waals surface area contributed by atoms with Crippen LogP contribution >= 0.6 is 0 Å². The molecule has 0 saturated carbocycles. The monoisotopic (exact) mass is 459 g/mol. The van der Waals surface area contributed by atoms with Gasteiger partial charge in [-0.15, -0.1) is 0 Å². The molecule has 2 aromatic carbocycles. The highest BCUT2D eigenvalue weighted by Crippen LogP contribution is 2.13. The lowest BCUT2D eigenvalue weighted by molar-refractivity contribution is -0.142. The summed E-state index contributed by atoms with van der Waals surface area (Å²) in [5.74, 6) is -2.07.